The molecule has 0 radical (unpaired) electrons. The monoisotopic (exact) mass is 404 g/mol. The molecule has 1 aliphatic rings. The van der Waals surface area contributed by atoms with Crippen molar-refractivity contribution in [1.82, 2.24) is 4.90 Å². The van der Waals surface area contributed by atoms with Crippen LogP contribution in [0.4, 0.5) is 0 Å². The Kier molecular flexibility index (Phi) is 6.55. The normalized spacial score (nSPS) is 17.1. The lowest BCUT2D eigenvalue weighted by Crippen LogP contribution is -2.34. The molecule has 0 spiro atoms. The molecule has 1 saturated heterocycles. The number of Topliss-reactive ketones (excluding diaryl/α,β-unsaturated/α-hetero) is 1. The number of likely N-dealkylation sites (tertiary alicyclic amines) is 1. The minimum atomic E-state index is 0.00575. The molecule has 154 valence electrons. The van der Waals surface area contributed by atoms with Gasteiger partial charge in [-0.3, -0.25) is 9.69 Å². The van der Waals surface area contributed by atoms with E-state index < -0.39 is 0 Å². The zero-order valence-electron chi connectivity index (χ0n) is 17.6. The number of ketones is 1. The van der Waals surface area contributed by atoms with E-state index in [1.807, 2.05) is 43.5 Å². The Balaban J connectivity index is 1.97. The highest BCUT2D eigenvalue weighted by Gasteiger charge is 2.24. The van der Waals surface area contributed by atoms with E-state index in [1.54, 1.807) is 33.5 Å². The van der Waals surface area contributed by atoms with Crippen LogP contribution in [0.2, 0.25) is 0 Å². The van der Waals surface area contributed by atoms with Crippen LogP contribution in [-0.2, 0) is 4.79 Å². The molecule has 2 aromatic rings. The van der Waals surface area contributed by atoms with Gasteiger partial charge < -0.3 is 14.2 Å². The number of piperidine rings is 1. The predicted octanol–water partition coefficient (Wildman–Crippen LogP) is 3.57. The van der Waals surface area contributed by atoms with Crippen LogP contribution in [0.3, 0.4) is 0 Å². The molecule has 6 heteroatoms. The molecule has 1 heterocycles. The van der Waals surface area contributed by atoms with Crippen LogP contribution in [0.25, 0.3) is 12.2 Å². The summed E-state index contributed by atoms with van der Waals surface area (Å²) < 4.78 is 16.2. The van der Waals surface area contributed by atoms with Gasteiger partial charge in [-0.25, -0.2) is 0 Å². The molecule has 0 N–H and O–H groups in total. The lowest BCUT2D eigenvalue weighted by molar-refractivity contribution is -0.113. The fraction of sp³-hybridized carbons (Fsp3) is 0.250. The Morgan fingerprint density at radius 1 is 0.900 bits per heavy atom. The van der Waals surface area contributed by atoms with Crippen LogP contribution in [0.5, 0.6) is 17.2 Å². The molecule has 0 amide bonds. The Morgan fingerprint density at radius 3 is 1.90 bits per heavy atom. The number of methoxy groups -OCH3 is 3. The molecule has 1 fully saturated rings. The fourth-order valence-electron chi connectivity index (χ4n) is 3.45. The first-order valence-corrected chi connectivity index (χ1v) is 9.43. The summed E-state index contributed by atoms with van der Waals surface area (Å²) in [6, 6.07) is 12.9. The van der Waals surface area contributed by atoms with E-state index in [-0.39, 0.29) is 5.78 Å². The van der Waals surface area contributed by atoms with Gasteiger partial charge in [-0.2, -0.15) is 5.26 Å². The summed E-state index contributed by atoms with van der Waals surface area (Å²) in [5.41, 5.74) is 3.65. The molecule has 30 heavy (non-hydrogen) atoms. The minimum Gasteiger partial charge on any atom is -0.493 e. The molecular weight excluding hydrogens is 380 g/mol. The molecule has 0 atom stereocenters. The summed E-state index contributed by atoms with van der Waals surface area (Å²) >= 11 is 0. The lowest BCUT2D eigenvalue weighted by atomic mass is 9.94. The Morgan fingerprint density at radius 2 is 1.43 bits per heavy atom. The van der Waals surface area contributed by atoms with Gasteiger partial charge >= 0.3 is 0 Å². The zero-order chi connectivity index (χ0) is 21.7. The number of nitriles is 1. The molecule has 6 nitrogen and oxygen atoms in total. The first kappa shape index (κ1) is 21.2. The van der Waals surface area contributed by atoms with Gasteiger partial charge in [0.05, 0.1) is 33.0 Å². The highest BCUT2D eigenvalue weighted by atomic mass is 16.5. The number of rotatable bonds is 5. The van der Waals surface area contributed by atoms with Gasteiger partial charge in [-0.05, 0) is 54.6 Å². The van der Waals surface area contributed by atoms with E-state index in [2.05, 4.69) is 11.0 Å². The second-order valence-electron chi connectivity index (χ2n) is 7.03. The first-order valence-electron chi connectivity index (χ1n) is 9.43. The Labute approximate surface area is 176 Å². The second kappa shape index (κ2) is 9.29. The number of carbonyl (C=O) groups is 1. The quantitative estimate of drug-likeness (QED) is 0.710. The molecule has 0 saturated carbocycles. The largest absolute Gasteiger partial charge is 0.493 e. The van der Waals surface area contributed by atoms with Gasteiger partial charge in [0.25, 0.3) is 0 Å². The molecular formula is C24H24N2O4. The molecule has 1 aliphatic heterocycles. The first-order chi connectivity index (χ1) is 14.5. The summed E-state index contributed by atoms with van der Waals surface area (Å²) in [7, 11) is 6.65. The van der Waals surface area contributed by atoms with Crippen LogP contribution < -0.4 is 14.2 Å². The highest BCUT2D eigenvalue weighted by Crippen LogP contribution is 2.39. The van der Waals surface area contributed by atoms with Crippen molar-refractivity contribution in [3.63, 3.8) is 0 Å². The van der Waals surface area contributed by atoms with Crippen LogP contribution in [0.15, 0.2) is 47.5 Å². The van der Waals surface area contributed by atoms with Gasteiger partial charge in [0.2, 0.25) is 5.75 Å². The number of hydrogen-bond donors (Lipinski definition) is 0. The van der Waals surface area contributed by atoms with Gasteiger partial charge in [0, 0.05) is 24.2 Å². The summed E-state index contributed by atoms with van der Waals surface area (Å²) in [4.78, 5) is 15.2. The number of carbonyl (C=O) groups excluding carboxylic acids is 1. The van der Waals surface area contributed by atoms with E-state index in [9.17, 15) is 4.79 Å². The number of benzene rings is 2. The van der Waals surface area contributed by atoms with Crippen molar-refractivity contribution in [2.45, 2.75) is 0 Å². The Hall–Kier alpha value is -3.56. The molecule has 3 rings (SSSR count). The summed E-state index contributed by atoms with van der Waals surface area (Å²) in [5.74, 6) is 1.59. The predicted molar refractivity (Wildman–Crippen MR) is 116 cm³/mol. The maximum Gasteiger partial charge on any atom is 0.203 e. The fourth-order valence-corrected chi connectivity index (χ4v) is 3.45. The van der Waals surface area contributed by atoms with Crippen molar-refractivity contribution >= 4 is 17.9 Å². The zero-order valence-corrected chi connectivity index (χ0v) is 17.6. The third kappa shape index (κ3) is 4.53. The third-order valence-electron chi connectivity index (χ3n) is 4.87. The molecule has 0 aromatic heterocycles. The van der Waals surface area contributed by atoms with Gasteiger partial charge in [-0.1, -0.05) is 12.1 Å². The van der Waals surface area contributed by atoms with Crippen LogP contribution >= 0.6 is 0 Å². The standard InChI is InChI=1S/C24H24N2O4/c1-26-14-19(9-16-5-7-17(13-25)8-6-16)23(27)20(15-26)10-18-11-21(28-2)24(30-4)22(12-18)29-3/h5-12H,14-15H2,1-4H3/b19-9+,20-10+. The second-order valence-corrected chi connectivity index (χ2v) is 7.03. The highest BCUT2D eigenvalue weighted by molar-refractivity contribution is 6.14. The minimum absolute atomic E-state index is 0.00575. The van der Waals surface area contributed by atoms with E-state index in [4.69, 9.17) is 19.5 Å². The molecule has 2 aromatic carbocycles. The number of hydrogen-bond acceptors (Lipinski definition) is 6. The number of nitrogens with zero attached hydrogens (tertiary/aromatic N) is 2. The van der Waals surface area contributed by atoms with Crippen molar-refractivity contribution in [2.75, 3.05) is 41.5 Å². The third-order valence-corrected chi connectivity index (χ3v) is 4.87. The van der Waals surface area contributed by atoms with Gasteiger partial charge in [-0.15, -0.1) is 0 Å². The van der Waals surface area contributed by atoms with Crippen molar-refractivity contribution in [2.24, 2.45) is 0 Å². The van der Waals surface area contributed by atoms with Gasteiger partial charge in [0.15, 0.2) is 17.3 Å². The van der Waals surface area contributed by atoms with Crippen LogP contribution in [0.1, 0.15) is 16.7 Å². The lowest BCUT2D eigenvalue weighted by Gasteiger charge is -2.26. The number of ether oxygens (including phenoxy) is 3. The molecule has 0 bridgehead atoms. The van der Waals surface area contributed by atoms with E-state index in [0.717, 1.165) is 11.1 Å². The average molecular weight is 404 g/mol. The van der Waals surface area contributed by atoms with E-state index in [1.165, 1.54) is 0 Å². The molecule has 0 unspecified atom stereocenters. The average Bonchev–Trinajstić information content (AvgIpc) is 2.76. The van der Waals surface area contributed by atoms with E-state index in [0.29, 0.717) is 47.0 Å². The Bertz CT molecular complexity index is 1020. The van der Waals surface area contributed by atoms with Gasteiger partial charge in [0.1, 0.15) is 0 Å². The molecule has 0 aliphatic carbocycles. The van der Waals surface area contributed by atoms with E-state index >= 15 is 0 Å². The van der Waals surface area contributed by atoms with Crippen LogP contribution in [-0.4, -0.2) is 52.1 Å². The van der Waals surface area contributed by atoms with Crippen molar-refractivity contribution < 1.29 is 19.0 Å². The summed E-state index contributed by atoms with van der Waals surface area (Å²) in [6.45, 7) is 1.10. The maximum absolute atomic E-state index is 13.1. The SMILES string of the molecule is COc1cc(/C=C2\CN(C)C/C(=C\c3ccc(C#N)cc3)C2=O)cc(OC)c1OC. The number of likely N-dealkylation sites (N-methyl/N-ethyl adjacent to an activating group) is 1. The summed E-state index contributed by atoms with van der Waals surface area (Å²) in [6.07, 6.45) is 3.73. The van der Waals surface area contributed by atoms with Crippen LogP contribution in [0, 0.1) is 11.3 Å². The topological polar surface area (TPSA) is 71.8 Å². The van der Waals surface area contributed by atoms with Crippen molar-refractivity contribution in [3.05, 3.63) is 64.2 Å². The maximum atomic E-state index is 13.1. The summed E-state index contributed by atoms with van der Waals surface area (Å²) in [5, 5.41) is 8.95. The van der Waals surface area contributed by atoms with Crippen molar-refractivity contribution in [1.29, 1.82) is 5.26 Å². The van der Waals surface area contributed by atoms with Crippen molar-refractivity contribution in [3.8, 4) is 23.3 Å². The smallest absolute Gasteiger partial charge is 0.203 e.